The Hall–Kier alpha value is -1.10. The van der Waals surface area contributed by atoms with Crippen LogP contribution in [0, 0.1) is 12.8 Å². The third-order valence-corrected chi connectivity index (χ3v) is 2.55. The maximum atomic E-state index is 5.15. The van der Waals surface area contributed by atoms with Crippen LogP contribution in [-0.2, 0) is 13.6 Å². The maximum absolute atomic E-state index is 5.15. The SMILES string of the molecule is Cc1cc(CNC(=S)NCC(C)C)nn1C. The Bertz CT molecular complexity index is 337. The van der Waals surface area contributed by atoms with Crippen molar-refractivity contribution in [1.82, 2.24) is 20.4 Å². The Morgan fingerprint density at radius 2 is 2.19 bits per heavy atom. The lowest BCUT2D eigenvalue weighted by Gasteiger charge is -2.10. The van der Waals surface area contributed by atoms with Crippen LogP contribution in [0.2, 0.25) is 0 Å². The fraction of sp³-hybridized carbons (Fsp3) is 0.636. The number of aromatic nitrogens is 2. The highest BCUT2D eigenvalue weighted by Crippen LogP contribution is 2.00. The van der Waals surface area contributed by atoms with Crippen molar-refractivity contribution in [3.8, 4) is 0 Å². The number of rotatable bonds is 4. The van der Waals surface area contributed by atoms with E-state index in [0.29, 0.717) is 17.6 Å². The average Bonchev–Trinajstić information content (AvgIpc) is 2.52. The molecule has 16 heavy (non-hydrogen) atoms. The standard InChI is InChI=1S/C11H20N4S/c1-8(2)6-12-11(16)13-7-10-5-9(3)15(4)14-10/h5,8H,6-7H2,1-4H3,(H2,12,13,16). The van der Waals surface area contributed by atoms with Gasteiger partial charge in [0.05, 0.1) is 12.2 Å². The van der Waals surface area contributed by atoms with Crippen molar-refractivity contribution in [2.45, 2.75) is 27.3 Å². The van der Waals surface area contributed by atoms with Crippen LogP contribution >= 0.6 is 12.2 Å². The molecule has 0 aliphatic carbocycles. The number of thiocarbonyl (C=S) groups is 1. The molecule has 0 aliphatic heterocycles. The highest BCUT2D eigenvalue weighted by Gasteiger charge is 2.02. The summed E-state index contributed by atoms with van der Waals surface area (Å²) in [5.41, 5.74) is 2.16. The molecule has 0 atom stereocenters. The fourth-order valence-corrected chi connectivity index (χ4v) is 1.41. The number of nitrogens with zero attached hydrogens (tertiary/aromatic N) is 2. The quantitative estimate of drug-likeness (QED) is 0.780. The van der Waals surface area contributed by atoms with E-state index in [1.807, 2.05) is 18.7 Å². The predicted molar refractivity (Wildman–Crippen MR) is 70.2 cm³/mol. The van der Waals surface area contributed by atoms with Gasteiger partial charge in [-0.3, -0.25) is 4.68 Å². The molecule has 0 fully saturated rings. The molecular formula is C11H20N4S. The van der Waals surface area contributed by atoms with Gasteiger partial charge in [0, 0.05) is 19.3 Å². The highest BCUT2D eigenvalue weighted by molar-refractivity contribution is 7.80. The van der Waals surface area contributed by atoms with Crippen LogP contribution in [-0.4, -0.2) is 21.4 Å². The molecule has 1 rings (SSSR count). The van der Waals surface area contributed by atoms with Crippen molar-refractivity contribution < 1.29 is 0 Å². The molecule has 1 aromatic heterocycles. The first kappa shape index (κ1) is 13.0. The Balaban J connectivity index is 2.31. The van der Waals surface area contributed by atoms with Crippen LogP contribution in [0.5, 0.6) is 0 Å². The highest BCUT2D eigenvalue weighted by atomic mass is 32.1. The largest absolute Gasteiger partial charge is 0.362 e. The van der Waals surface area contributed by atoms with E-state index >= 15 is 0 Å². The molecule has 4 nitrogen and oxygen atoms in total. The molecule has 0 bridgehead atoms. The van der Waals surface area contributed by atoms with Crippen LogP contribution in [0.15, 0.2) is 6.07 Å². The first-order valence-electron chi connectivity index (χ1n) is 5.50. The second-order valence-electron chi connectivity index (χ2n) is 4.36. The van der Waals surface area contributed by atoms with E-state index in [2.05, 4.69) is 35.6 Å². The van der Waals surface area contributed by atoms with Crippen LogP contribution < -0.4 is 10.6 Å². The van der Waals surface area contributed by atoms with Gasteiger partial charge in [-0.2, -0.15) is 5.10 Å². The molecule has 2 N–H and O–H groups in total. The molecule has 0 unspecified atom stereocenters. The van der Waals surface area contributed by atoms with Crippen molar-refractivity contribution in [2.75, 3.05) is 6.54 Å². The minimum atomic E-state index is 0.594. The third kappa shape index (κ3) is 4.18. The summed E-state index contributed by atoms with van der Waals surface area (Å²) in [5, 5.41) is 11.3. The zero-order chi connectivity index (χ0) is 12.1. The summed E-state index contributed by atoms with van der Waals surface area (Å²) in [6.45, 7) is 7.90. The fourth-order valence-electron chi connectivity index (χ4n) is 1.25. The molecule has 1 aromatic rings. The smallest absolute Gasteiger partial charge is 0.166 e. The van der Waals surface area contributed by atoms with E-state index in [1.54, 1.807) is 0 Å². The van der Waals surface area contributed by atoms with Gasteiger partial charge in [0.1, 0.15) is 0 Å². The molecule has 0 saturated heterocycles. The molecule has 0 aromatic carbocycles. The minimum absolute atomic E-state index is 0.594. The number of hydrogen-bond acceptors (Lipinski definition) is 2. The van der Waals surface area contributed by atoms with Crippen LogP contribution in [0.4, 0.5) is 0 Å². The Labute approximate surface area is 102 Å². The number of hydrogen-bond donors (Lipinski definition) is 2. The van der Waals surface area contributed by atoms with Gasteiger partial charge in [-0.1, -0.05) is 13.8 Å². The van der Waals surface area contributed by atoms with Gasteiger partial charge in [0.15, 0.2) is 5.11 Å². The van der Waals surface area contributed by atoms with Gasteiger partial charge in [0.2, 0.25) is 0 Å². The number of aryl methyl sites for hydroxylation is 2. The minimum Gasteiger partial charge on any atom is -0.362 e. The summed E-state index contributed by atoms with van der Waals surface area (Å²) in [6.07, 6.45) is 0. The Kier molecular flexibility index (Phi) is 4.73. The van der Waals surface area contributed by atoms with Crippen molar-refractivity contribution in [2.24, 2.45) is 13.0 Å². The van der Waals surface area contributed by atoms with Crippen molar-refractivity contribution in [3.05, 3.63) is 17.5 Å². The van der Waals surface area contributed by atoms with E-state index in [1.165, 1.54) is 0 Å². The van der Waals surface area contributed by atoms with Gasteiger partial charge < -0.3 is 10.6 Å². The second-order valence-corrected chi connectivity index (χ2v) is 4.77. The molecule has 0 amide bonds. The third-order valence-electron chi connectivity index (χ3n) is 2.27. The monoisotopic (exact) mass is 240 g/mol. The summed E-state index contributed by atoms with van der Waals surface area (Å²) in [7, 11) is 1.94. The molecule has 5 heteroatoms. The van der Waals surface area contributed by atoms with Crippen molar-refractivity contribution in [1.29, 1.82) is 0 Å². The topological polar surface area (TPSA) is 41.9 Å². The molecule has 0 spiro atoms. The van der Waals surface area contributed by atoms with Gasteiger partial charge in [-0.25, -0.2) is 0 Å². The van der Waals surface area contributed by atoms with E-state index in [0.717, 1.165) is 17.9 Å². The van der Waals surface area contributed by atoms with Crippen LogP contribution in [0.25, 0.3) is 0 Å². The summed E-state index contributed by atoms with van der Waals surface area (Å²) in [6, 6.07) is 2.05. The van der Waals surface area contributed by atoms with E-state index in [4.69, 9.17) is 12.2 Å². The summed E-state index contributed by atoms with van der Waals surface area (Å²) < 4.78 is 1.86. The van der Waals surface area contributed by atoms with Crippen LogP contribution in [0.1, 0.15) is 25.2 Å². The molecule has 0 aliphatic rings. The zero-order valence-corrected chi connectivity index (χ0v) is 11.2. The molecule has 1 heterocycles. The van der Waals surface area contributed by atoms with Crippen LogP contribution in [0.3, 0.4) is 0 Å². The summed E-state index contributed by atoms with van der Waals surface area (Å²) in [5.74, 6) is 0.594. The molecular weight excluding hydrogens is 220 g/mol. The van der Waals surface area contributed by atoms with Gasteiger partial charge in [-0.15, -0.1) is 0 Å². The molecule has 90 valence electrons. The number of nitrogens with one attached hydrogen (secondary N) is 2. The van der Waals surface area contributed by atoms with E-state index in [9.17, 15) is 0 Å². The van der Waals surface area contributed by atoms with E-state index < -0.39 is 0 Å². The maximum Gasteiger partial charge on any atom is 0.166 e. The van der Waals surface area contributed by atoms with E-state index in [-0.39, 0.29) is 0 Å². The summed E-state index contributed by atoms with van der Waals surface area (Å²) >= 11 is 5.15. The Morgan fingerprint density at radius 3 is 2.69 bits per heavy atom. The lowest BCUT2D eigenvalue weighted by atomic mass is 10.2. The summed E-state index contributed by atoms with van der Waals surface area (Å²) in [4.78, 5) is 0. The normalized spacial score (nSPS) is 10.6. The second kappa shape index (κ2) is 5.84. The van der Waals surface area contributed by atoms with Gasteiger partial charge in [-0.05, 0) is 31.1 Å². The molecule has 0 radical (unpaired) electrons. The first-order chi connectivity index (χ1) is 7.49. The predicted octanol–water partition coefficient (Wildman–Crippen LogP) is 1.35. The van der Waals surface area contributed by atoms with Gasteiger partial charge in [0.25, 0.3) is 0 Å². The zero-order valence-electron chi connectivity index (χ0n) is 10.4. The first-order valence-corrected chi connectivity index (χ1v) is 5.91. The molecule has 0 saturated carbocycles. The lowest BCUT2D eigenvalue weighted by Crippen LogP contribution is -2.36. The van der Waals surface area contributed by atoms with Crippen molar-refractivity contribution >= 4 is 17.3 Å². The van der Waals surface area contributed by atoms with Gasteiger partial charge >= 0.3 is 0 Å². The van der Waals surface area contributed by atoms with Crippen molar-refractivity contribution in [3.63, 3.8) is 0 Å². The lowest BCUT2D eigenvalue weighted by molar-refractivity contribution is 0.618. The Morgan fingerprint density at radius 1 is 1.50 bits per heavy atom. The average molecular weight is 240 g/mol.